The first-order valence-corrected chi connectivity index (χ1v) is 4.43. The van der Waals surface area contributed by atoms with E-state index in [1.807, 2.05) is 0 Å². The number of hydrogen-bond acceptors (Lipinski definition) is 4. The Morgan fingerprint density at radius 1 is 1.31 bits per heavy atom. The molecular formula is C9H12F2NNaO3. The zero-order valence-corrected chi connectivity index (χ0v) is 11.5. The molecule has 0 aliphatic rings. The first-order chi connectivity index (χ1) is 6.93. The fraction of sp³-hybridized carbons (Fsp3) is 0.556. The van der Waals surface area contributed by atoms with Crippen LogP contribution in [0.15, 0.2) is 11.8 Å². The summed E-state index contributed by atoms with van der Waals surface area (Å²) in [6, 6.07) is 0. The van der Waals surface area contributed by atoms with Gasteiger partial charge in [-0.25, -0.2) is 8.78 Å². The monoisotopic (exact) mass is 243 g/mol. The molecule has 0 saturated carbocycles. The molecule has 0 heterocycles. The SMILES string of the molecule is CCN(C=C(C(=O)[O-])C(=O)C(F)F)CC.[Na+]. The van der Waals surface area contributed by atoms with Gasteiger partial charge in [0.15, 0.2) is 0 Å². The molecule has 0 aromatic heterocycles. The third-order valence-corrected chi connectivity index (χ3v) is 1.81. The Kier molecular flexibility index (Phi) is 9.70. The van der Waals surface area contributed by atoms with Gasteiger partial charge in [-0.1, -0.05) is 0 Å². The first kappa shape index (κ1) is 17.9. The summed E-state index contributed by atoms with van der Waals surface area (Å²) >= 11 is 0. The summed E-state index contributed by atoms with van der Waals surface area (Å²) < 4.78 is 24.0. The number of carbonyl (C=O) groups is 2. The third-order valence-electron chi connectivity index (χ3n) is 1.81. The summed E-state index contributed by atoms with van der Waals surface area (Å²) in [5.41, 5.74) is -0.992. The Labute approximate surface area is 115 Å². The number of ketones is 1. The van der Waals surface area contributed by atoms with Crippen molar-refractivity contribution in [1.29, 1.82) is 0 Å². The summed E-state index contributed by atoms with van der Waals surface area (Å²) in [5.74, 6) is -3.60. The number of alkyl halides is 2. The molecule has 0 amide bonds. The number of rotatable bonds is 6. The Hall–Kier alpha value is -0.460. The molecule has 7 heteroatoms. The molecule has 4 nitrogen and oxygen atoms in total. The van der Waals surface area contributed by atoms with E-state index in [2.05, 4.69) is 0 Å². The second-order valence-electron chi connectivity index (χ2n) is 2.72. The number of aliphatic carboxylic acids is 1. The van der Waals surface area contributed by atoms with Gasteiger partial charge in [0.25, 0.3) is 0 Å². The van der Waals surface area contributed by atoms with Crippen LogP contribution in [0.4, 0.5) is 8.78 Å². The van der Waals surface area contributed by atoms with Crippen LogP contribution in [0.2, 0.25) is 0 Å². The van der Waals surface area contributed by atoms with Gasteiger partial charge in [-0.2, -0.15) is 0 Å². The minimum Gasteiger partial charge on any atom is -0.545 e. The molecule has 0 fully saturated rings. The van der Waals surface area contributed by atoms with Crippen molar-refractivity contribution < 1.29 is 53.0 Å². The van der Waals surface area contributed by atoms with Gasteiger partial charge in [0.05, 0.1) is 11.5 Å². The average molecular weight is 243 g/mol. The van der Waals surface area contributed by atoms with Gasteiger partial charge in [-0.05, 0) is 13.8 Å². The van der Waals surface area contributed by atoms with Gasteiger partial charge in [-0.3, -0.25) is 4.79 Å². The van der Waals surface area contributed by atoms with Crippen LogP contribution in [0.3, 0.4) is 0 Å². The van der Waals surface area contributed by atoms with E-state index in [1.54, 1.807) is 13.8 Å². The number of Topliss-reactive ketones (excluding diaryl/α,β-unsaturated/α-hetero) is 1. The number of hydrogen-bond donors (Lipinski definition) is 0. The van der Waals surface area contributed by atoms with Gasteiger partial charge in [-0.15, -0.1) is 0 Å². The van der Waals surface area contributed by atoms with E-state index in [4.69, 9.17) is 0 Å². The van der Waals surface area contributed by atoms with Crippen LogP contribution in [0.5, 0.6) is 0 Å². The van der Waals surface area contributed by atoms with Crippen molar-refractivity contribution in [2.75, 3.05) is 13.1 Å². The Morgan fingerprint density at radius 2 is 1.75 bits per heavy atom. The fourth-order valence-corrected chi connectivity index (χ4v) is 0.923. The smallest absolute Gasteiger partial charge is 0.545 e. The minimum atomic E-state index is -3.33. The van der Waals surface area contributed by atoms with Crippen molar-refractivity contribution in [3.63, 3.8) is 0 Å². The van der Waals surface area contributed by atoms with Crippen molar-refractivity contribution in [1.82, 2.24) is 4.90 Å². The van der Waals surface area contributed by atoms with Gasteiger partial charge in [0, 0.05) is 19.3 Å². The van der Waals surface area contributed by atoms with Crippen LogP contribution in [0.1, 0.15) is 13.8 Å². The van der Waals surface area contributed by atoms with E-state index >= 15 is 0 Å². The van der Waals surface area contributed by atoms with Crippen LogP contribution in [-0.4, -0.2) is 36.2 Å². The molecule has 86 valence electrons. The maximum absolute atomic E-state index is 12.0. The molecule has 0 aliphatic carbocycles. The van der Waals surface area contributed by atoms with E-state index in [0.29, 0.717) is 13.1 Å². The second kappa shape index (κ2) is 8.66. The van der Waals surface area contributed by atoms with Gasteiger partial charge >= 0.3 is 36.0 Å². The molecule has 0 aromatic rings. The molecular weight excluding hydrogens is 231 g/mol. The van der Waals surface area contributed by atoms with Crippen molar-refractivity contribution >= 4 is 11.8 Å². The van der Waals surface area contributed by atoms with E-state index in [1.165, 1.54) is 4.90 Å². The number of carboxylic acid groups (broad SMARTS) is 1. The standard InChI is InChI=1S/C9H13F2NO3.Na/c1-3-12(4-2)5-6(9(14)15)7(13)8(10)11;/h5,8H,3-4H2,1-2H3,(H,14,15);/q;+1/p-1. The molecule has 0 radical (unpaired) electrons. The molecule has 16 heavy (non-hydrogen) atoms. The molecule has 0 bridgehead atoms. The second-order valence-corrected chi connectivity index (χ2v) is 2.72. The number of halogens is 2. The summed E-state index contributed by atoms with van der Waals surface area (Å²) in [4.78, 5) is 22.7. The summed E-state index contributed by atoms with van der Waals surface area (Å²) in [5, 5.41) is 10.5. The third kappa shape index (κ3) is 5.58. The molecule has 0 aromatic carbocycles. The van der Waals surface area contributed by atoms with Gasteiger partial charge in [0.1, 0.15) is 0 Å². The molecule has 0 spiro atoms. The zero-order chi connectivity index (χ0) is 12.0. The molecule has 0 aliphatic heterocycles. The first-order valence-electron chi connectivity index (χ1n) is 4.43. The average Bonchev–Trinajstić information content (AvgIpc) is 2.18. The summed E-state index contributed by atoms with van der Waals surface area (Å²) in [6.45, 7) is 4.26. The number of carboxylic acids is 1. The fourth-order valence-electron chi connectivity index (χ4n) is 0.923. The summed E-state index contributed by atoms with van der Waals surface area (Å²) in [6.07, 6.45) is -2.44. The van der Waals surface area contributed by atoms with Crippen LogP contribution in [-0.2, 0) is 9.59 Å². The molecule has 0 unspecified atom stereocenters. The molecule has 0 saturated heterocycles. The van der Waals surface area contributed by atoms with Crippen molar-refractivity contribution in [3.8, 4) is 0 Å². The number of carbonyl (C=O) groups excluding carboxylic acids is 2. The van der Waals surface area contributed by atoms with Crippen molar-refractivity contribution in [2.24, 2.45) is 0 Å². The topological polar surface area (TPSA) is 60.4 Å². The quantitative estimate of drug-likeness (QED) is 0.213. The van der Waals surface area contributed by atoms with Crippen molar-refractivity contribution in [2.45, 2.75) is 20.3 Å². The van der Waals surface area contributed by atoms with Crippen LogP contribution < -0.4 is 34.7 Å². The Bertz CT molecular complexity index is 278. The predicted octanol–water partition coefficient (Wildman–Crippen LogP) is -3.20. The van der Waals surface area contributed by atoms with Crippen LogP contribution in [0, 0.1) is 0 Å². The summed E-state index contributed by atoms with van der Waals surface area (Å²) in [7, 11) is 0. The van der Waals surface area contributed by atoms with Crippen LogP contribution in [0.25, 0.3) is 0 Å². The van der Waals surface area contributed by atoms with E-state index in [-0.39, 0.29) is 29.6 Å². The van der Waals surface area contributed by atoms with Crippen LogP contribution >= 0.6 is 0 Å². The normalized spacial score (nSPS) is 10.9. The van der Waals surface area contributed by atoms with E-state index < -0.39 is 23.8 Å². The Balaban J connectivity index is 0. The predicted molar refractivity (Wildman–Crippen MR) is 47.0 cm³/mol. The maximum atomic E-state index is 12.0. The van der Waals surface area contributed by atoms with E-state index in [9.17, 15) is 23.5 Å². The largest absolute Gasteiger partial charge is 1.00 e. The van der Waals surface area contributed by atoms with Gasteiger partial charge < -0.3 is 14.8 Å². The Morgan fingerprint density at radius 3 is 2.00 bits per heavy atom. The van der Waals surface area contributed by atoms with Gasteiger partial charge in [0.2, 0.25) is 5.78 Å². The number of nitrogens with zero attached hydrogens (tertiary/aromatic N) is 1. The van der Waals surface area contributed by atoms with E-state index in [0.717, 1.165) is 6.20 Å². The molecule has 0 atom stereocenters. The maximum Gasteiger partial charge on any atom is 1.00 e. The zero-order valence-electron chi connectivity index (χ0n) is 9.50. The van der Waals surface area contributed by atoms with Crippen molar-refractivity contribution in [3.05, 3.63) is 11.8 Å². The minimum absolute atomic E-state index is 0. The molecule has 0 rings (SSSR count). The molecule has 0 N–H and O–H groups in total.